The van der Waals surface area contributed by atoms with Gasteiger partial charge in [0, 0.05) is 6.54 Å². The summed E-state index contributed by atoms with van der Waals surface area (Å²) in [5.41, 5.74) is 7.94. The third kappa shape index (κ3) is 2.66. The molecule has 1 heterocycles. The second-order valence-corrected chi connectivity index (χ2v) is 5.28. The summed E-state index contributed by atoms with van der Waals surface area (Å²) in [5.74, 6) is -0.375. The summed E-state index contributed by atoms with van der Waals surface area (Å²) >= 11 is 0. The summed E-state index contributed by atoms with van der Waals surface area (Å²) in [4.78, 5) is 13.7. The Morgan fingerprint density at radius 3 is 2.79 bits per heavy atom. The highest BCUT2D eigenvalue weighted by Crippen LogP contribution is 2.32. The van der Waals surface area contributed by atoms with Crippen molar-refractivity contribution in [3.63, 3.8) is 0 Å². The van der Waals surface area contributed by atoms with Gasteiger partial charge in [-0.25, -0.2) is 4.79 Å². The van der Waals surface area contributed by atoms with Gasteiger partial charge in [0.1, 0.15) is 0 Å². The number of carbonyl (C=O) groups excluding carboxylic acids is 1. The van der Waals surface area contributed by atoms with Crippen molar-refractivity contribution in [2.75, 3.05) is 37.5 Å². The van der Waals surface area contributed by atoms with Crippen LogP contribution in [0, 0.1) is 0 Å². The Balaban J connectivity index is 2.32. The van der Waals surface area contributed by atoms with Crippen molar-refractivity contribution in [2.45, 2.75) is 19.4 Å². The zero-order chi connectivity index (χ0) is 14.0. The van der Waals surface area contributed by atoms with Crippen molar-refractivity contribution in [1.82, 2.24) is 0 Å². The fraction of sp³-hybridized carbons (Fsp3) is 0.500. The summed E-state index contributed by atoms with van der Waals surface area (Å²) in [7, 11) is 1.36. The Morgan fingerprint density at radius 2 is 2.21 bits per heavy atom. The second kappa shape index (κ2) is 5.09. The molecular weight excluding hydrogens is 244 g/mol. The van der Waals surface area contributed by atoms with Crippen LogP contribution in [0.25, 0.3) is 0 Å². The Morgan fingerprint density at radius 1 is 1.47 bits per heavy atom. The van der Waals surface area contributed by atoms with Crippen LogP contribution in [-0.2, 0) is 9.47 Å². The molecule has 0 aromatic heterocycles. The molecule has 1 aliphatic heterocycles. The number of methoxy groups -OCH3 is 1. The van der Waals surface area contributed by atoms with E-state index in [0.717, 1.165) is 12.2 Å². The molecule has 0 aliphatic carbocycles. The van der Waals surface area contributed by atoms with Crippen LogP contribution in [0.1, 0.15) is 24.2 Å². The zero-order valence-electron chi connectivity index (χ0n) is 11.6. The monoisotopic (exact) mass is 264 g/mol. The minimum Gasteiger partial charge on any atom is -0.465 e. The first-order valence-electron chi connectivity index (χ1n) is 6.29. The Labute approximate surface area is 113 Å². The molecule has 1 aliphatic rings. The molecule has 0 saturated carbocycles. The maximum atomic E-state index is 11.5. The van der Waals surface area contributed by atoms with Crippen LogP contribution in [0.4, 0.5) is 11.4 Å². The van der Waals surface area contributed by atoms with E-state index < -0.39 is 0 Å². The highest BCUT2D eigenvalue weighted by atomic mass is 16.5. The van der Waals surface area contributed by atoms with E-state index in [1.54, 1.807) is 12.1 Å². The lowest BCUT2D eigenvalue weighted by atomic mass is 10.0. The molecule has 1 aromatic carbocycles. The number of morpholine rings is 1. The van der Waals surface area contributed by atoms with E-state index in [1.807, 2.05) is 6.07 Å². The van der Waals surface area contributed by atoms with Gasteiger partial charge in [-0.3, -0.25) is 0 Å². The fourth-order valence-electron chi connectivity index (χ4n) is 2.35. The number of benzene rings is 1. The van der Waals surface area contributed by atoms with Crippen molar-refractivity contribution in [3.05, 3.63) is 23.8 Å². The molecule has 0 atom stereocenters. The number of nitrogens with two attached hydrogens (primary N) is 1. The number of nitrogen functional groups attached to an aromatic ring is 1. The van der Waals surface area contributed by atoms with Crippen molar-refractivity contribution in [1.29, 1.82) is 0 Å². The molecule has 0 bridgehead atoms. The molecule has 2 rings (SSSR count). The van der Waals surface area contributed by atoms with Gasteiger partial charge in [-0.1, -0.05) is 0 Å². The first kappa shape index (κ1) is 13.7. The van der Waals surface area contributed by atoms with Gasteiger partial charge >= 0.3 is 5.97 Å². The lowest BCUT2D eigenvalue weighted by Gasteiger charge is -2.44. The molecule has 0 unspecified atom stereocenters. The van der Waals surface area contributed by atoms with Gasteiger partial charge < -0.3 is 20.1 Å². The molecule has 1 saturated heterocycles. The molecule has 5 nitrogen and oxygen atoms in total. The van der Waals surface area contributed by atoms with Crippen molar-refractivity contribution < 1.29 is 14.3 Å². The largest absolute Gasteiger partial charge is 0.465 e. The predicted octanol–water partition coefficient (Wildman–Crippen LogP) is 1.67. The third-order valence-electron chi connectivity index (χ3n) is 3.38. The van der Waals surface area contributed by atoms with Gasteiger partial charge in [-0.2, -0.15) is 0 Å². The molecule has 1 aromatic rings. The molecule has 5 heteroatoms. The highest BCUT2D eigenvalue weighted by molar-refractivity contribution is 5.92. The van der Waals surface area contributed by atoms with Crippen molar-refractivity contribution >= 4 is 17.3 Å². The number of hydrogen-bond acceptors (Lipinski definition) is 5. The Bertz CT molecular complexity index is 486. The second-order valence-electron chi connectivity index (χ2n) is 5.28. The number of rotatable bonds is 2. The smallest absolute Gasteiger partial charge is 0.337 e. The van der Waals surface area contributed by atoms with Gasteiger partial charge in [-0.15, -0.1) is 0 Å². The first-order chi connectivity index (χ1) is 8.95. The first-order valence-corrected chi connectivity index (χ1v) is 6.29. The van der Waals surface area contributed by atoms with Gasteiger partial charge in [-0.05, 0) is 32.0 Å². The number of nitrogens with zero attached hydrogens (tertiary/aromatic N) is 1. The summed E-state index contributed by atoms with van der Waals surface area (Å²) in [6.07, 6.45) is 0. The average Bonchev–Trinajstić information content (AvgIpc) is 2.38. The van der Waals surface area contributed by atoms with E-state index in [9.17, 15) is 4.79 Å². The SMILES string of the molecule is COC(=O)c1ccc(N2CCOCC2(C)C)c(N)c1. The molecule has 0 radical (unpaired) electrons. The minimum absolute atomic E-state index is 0.112. The predicted molar refractivity (Wildman–Crippen MR) is 74.4 cm³/mol. The maximum Gasteiger partial charge on any atom is 0.337 e. The summed E-state index contributed by atoms with van der Waals surface area (Å²) in [6.45, 7) is 6.35. The Hall–Kier alpha value is -1.75. The average molecular weight is 264 g/mol. The van der Waals surface area contributed by atoms with Crippen LogP contribution in [0.2, 0.25) is 0 Å². The van der Waals surface area contributed by atoms with E-state index in [1.165, 1.54) is 7.11 Å². The Kier molecular flexibility index (Phi) is 3.66. The minimum atomic E-state index is -0.375. The number of esters is 1. The fourth-order valence-corrected chi connectivity index (χ4v) is 2.35. The standard InChI is InChI=1S/C14H20N2O3/c1-14(2)9-19-7-6-16(14)12-5-4-10(8-11(12)15)13(17)18-3/h4-5,8H,6-7,9,15H2,1-3H3. The quantitative estimate of drug-likeness (QED) is 0.650. The molecule has 0 spiro atoms. The van der Waals surface area contributed by atoms with E-state index in [4.69, 9.17) is 10.5 Å². The van der Waals surface area contributed by atoms with Crippen LogP contribution in [0.3, 0.4) is 0 Å². The van der Waals surface area contributed by atoms with Gasteiger partial charge in [0.25, 0.3) is 0 Å². The normalized spacial score (nSPS) is 18.2. The molecule has 104 valence electrons. The summed E-state index contributed by atoms with van der Waals surface area (Å²) < 4.78 is 10.2. The van der Waals surface area contributed by atoms with Crippen LogP contribution in [-0.4, -0.2) is 38.4 Å². The van der Waals surface area contributed by atoms with Crippen molar-refractivity contribution in [2.24, 2.45) is 0 Å². The number of hydrogen-bond donors (Lipinski definition) is 1. The van der Waals surface area contributed by atoms with E-state index in [0.29, 0.717) is 24.5 Å². The van der Waals surface area contributed by atoms with Gasteiger partial charge in [0.15, 0.2) is 0 Å². The third-order valence-corrected chi connectivity index (χ3v) is 3.38. The number of ether oxygens (including phenoxy) is 2. The lowest BCUT2D eigenvalue weighted by Crippen LogP contribution is -2.53. The van der Waals surface area contributed by atoms with Crippen LogP contribution in [0.15, 0.2) is 18.2 Å². The topological polar surface area (TPSA) is 64.8 Å². The number of anilines is 2. The van der Waals surface area contributed by atoms with E-state index >= 15 is 0 Å². The van der Waals surface area contributed by atoms with E-state index in [2.05, 4.69) is 23.5 Å². The lowest BCUT2D eigenvalue weighted by molar-refractivity contribution is 0.0600. The molecule has 19 heavy (non-hydrogen) atoms. The molecule has 0 amide bonds. The van der Waals surface area contributed by atoms with E-state index in [-0.39, 0.29) is 11.5 Å². The summed E-state index contributed by atoms with van der Waals surface area (Å²) in [6, 6.07) is 5.27. The van der Waals surface area contributed by atoms with Crippen molar-refractivity contribution in [3.8, 4) is 0 Å². The van der Waals surface area contributed by atoms with Gasteiger partial charge in [0.05, 0.1) is 42.8 Å². The summed E-state index contributed by atoms with van der Waals surface area (Å²) in [5, 5.41) is 0. The van der Waals surface area contributed by atoms with Crippen LogP contribution < -0.4 is 10.6 Å². The highest BCUT2D eigenvalue weighted by Gasteiger charge is 2.31. The number of carbonyl (C=O) groups is 1. The molecule has 1 fully saturated rings. The zero-order valence-corrected chi connectivity index (χ0v) is 11.6. The molecule has 2 N–H and O–H groups in total. The maximum absolute atomic E-state index is 11.5. The van der Waals surface area contributed by atoms with Crippen LogP contribution in [0.5, 0.6) is 0 Å². The van der Waals surface area contributed by atoms with Crippen LogP contribution >= 0.6 is 0 Å². The molecular formula is C14H20N2O3. The van der Waals surface area contributed by atoms with Gasteiger partial charge in [0.2, 0.25) is 0 Å².